The van der Waals surface area contributed by atoms with Gasteiger partial charge in [0.25, 0.3) is 5.69 Å². The third-order valence-corrected chi connectivity index (χ3v) is 5.11. The first-order valence-electron chi connectivity index (χ1n) is 9.69. The third-order valence-electron chi connectivity index (χ3n) is 5.11. The molecule has 0 fully saturated rings. The van der Waals surface area contributed by atoms with Gasteiger partial charge in [0.2, 0.25) is 11.8 Å². The number of hydrogen-bond donors (Lipinski definition) is 2. The van der Waals surface area contributed by atoms with Crippen molar-refractivity contribution in [2.75, 3.05) is 13.7 Å². The van der Waals surface area contributed by atoms with Crippen molar-refractivity contribution in [2.24, 2.45) is 5.73 Å². The minimum absolute atomic E-state index is 0.0980. The number of nitro groups is 1. The SMILES string of the molecule is CCOc1ccc(-c2[nH]nc3c2[C@H](c2cccc([N+](=O)[O-])c2)C(C#N)=C(N)O3)cc1OC. The van der Waals surface area contributed by atoms with E-state index >= 15 is 0 Å². The summed E-state index contributed by atoms with van der Waals surface area (Å²) in [7, 11) is 1.54. The van der Waals surface area contributed by atoms with Gasteiger partial charge in [0.05, 0.1) is 35.8 Å². The molecule has 1 aliphatic rings. The van der Waals surface area contributed by atoms with E-state index in [0.717, 1.165) is 0 Å². The number of methoxy groups -OCH3 is 1. The number of nitriles is 1. The lowest BCUT2D eigenvalue weighted by atomic mass is 9.83. The Balaban J connectivity index is 1.91. The van der Waals surface area contributed by atoms with Crippen molar-refractivity contribution in [1.82, 2.24) is 10.2 Å². The van der Waals surface area contributed by atoms with Crippen molar-refractivity contribution >= 4 is 5.69 Å². The van der Waals surface area contributed by atoms with Crippen LogP contribution < -0.4 is 19.9 Å². The Bertz CT molecular complexity index is 1270. The number of rotatable bonds is 6. The molecule has 0 saturated heterocycles. The van der Waals surface area contributed by atoms with Crippen LogP contribution in [0.4, 0.5) is 5.69 Å². The maximum absolute atomic E-state index is 11.3. The normalized spacial score (nSPS) is 14.8. The number of fused-ring (bicyclic) bond motifs is 1. The van der Waals surface area contributed by atoms with Crippen LogP contribution in [0.5, 0.6) is 17.4 Å². The molecule has 0 unspecified atom stereocenters. The molecule has 0 bridgehead atoms. The Hall–Kier alpha value is -4.52. The molecule has 4 rings (SSSR count). The number of aromatic nitrogens is 2. The third kappa shape index (κ3) is 3.45. The van der Waals surface area contributed by atoms with E-state index in [4.69, 9.17) is 19.9 Å². The fraction of sp³-hybridized carbons (Fsp3) is 0.182. The minimum Gasteiger partial charge on any atom is -0.493 e. The van der Waals surface area contributed by atoms with E-state index in [0.29, 0.717) is 40.5 Å². The molecule has 0 saturated carbocycles. The standard InChI is InChI=1S/C22H19N5O5/c1-3-31-16-8-7-13(10-17(16)30-2)20-19-18(12-5-4-6-14(9-12)27(28)29)15(11-23)21(24)32-22(19)26-25-20/h4-10,18H,3,24H2,1-2H3,(H,25,26)/t18-/m1/s1. The molecular formula is C22H19N5O5. The quantitative estimate of drug-likeness (QED) is 0.442. The number of H-pyrrole nitrogens is 1. The van der Waals surface area contributed by atoms with Crippen molar-refractivity contribution in [1.29, 1.82) is 5.26 Å². The van der Waals surface area contributed by atoms with Crippen molar-refractivity contribution < 1.29 is 19.1 Å². The Morgan fingerprint density at radius 3 is 2.81 bits per heavy atom. The van der Waals surface area contributed by atoms with Crippen LogP contribution in [-0.4, -0.2) is 28.8 Å². The second-order valence-electron chi connectivity index (χ2n) is 6.89. The molecule has 3 N–H and O–H groups in total. The highest BCUT2D eigenvalue weighted by atomic mass is 16.6. The number of nitro benzene ring substituents is 1. The molecule has 0 spiro atoms. The van der Waals surface area contributed by atoms with Gasteiger partial charge in [0.1, 0.15) is 11.6 Å². The molecule has 3 aromatic rings. The fourth-order valence-corrected chi connectivity index (χ4v) is 3.71. The fourth-order valence-electron chi connectivity index (χ4n) is 3.71. The molecule has 1 atom stereocenters. The van der Waals surface area contributed by atoms with Gasteiger partial charge in [0, 0.05) is 17.7 Å². The maximum atomic E-state index is 11.3. The van der Waals surface area contributed by atoms with Gasteiger partial charge in [-0.2, -0.15) is 5.26 Å². The molecule has 10 nitrogen and oxygen atoms in total. The summed E-state index contributed by atoms with van der Waals surface area (Å²) in [5.41, 5.74) is 8.36. The molecule has 10 heteroatoms. The van der Waals surface area contributed by atoms with E-state index in [1.165, 1.54) is 19.2 Å². The van der Waals surface area contributed by atoms with E-state index in [9.17, 15) is 15.4 Å². The maximum Gasteiger partial charge on any atom is 0.269 e. The second kappa shape index (κ2) is 8.31. The summed E-state index contributed by atoms with van der Waals surface area (Å²) >= 11 is 0. The lowest BCUT2D eigenvalue weighted by molar-refractivity contribution is -0.384. The number of hydrogen-bond acceptors (Lipinski definition) is 8. The topological polar surface area (TPSA) is 149 Å². The predicted octanol–water partition coefficient (Wildman–Crippen LogP) is 3.61. The van der Waals surface area contributed by atoms with Crippen molar-refractivity contribution in [3.63, 3.8) is 0 Å². The summed E-state index contributed by atoms with van der Waals surface area (Å²) in [4.78, 5) is 10.8. The average Bonchev–Trinajstić information content (AvgIpc) is 3.21. The summed E-state index contributed by atoms with van der Waals surface area (Å²) in [5, 5.41) is 28.3. The Morgan fingerprint density at radius 1 is 1.31 bits per heavy atom. The van der Waals surface area contributed by atoms with Crippen LogP contribution in [0, 0.1) is 21.4 Å². The lowest BCUT2D eigenvalue weighted by Gasteiger charge is -2.24. The summed E-state index contributed by atoms with van der Waals surface area (Å²) in [6, 6.07) is 13.5. The number of non-ortho nitro benzene ring substituents is 1. The number of benzene rings is 2. The van der Waals surface area contributed by atoms with Crippen molar-refractivity contribution in [3.8, 4) is 34.7 Å². The van der Waals surface area contributed by atoms with Gasteiger partial charge in [-0.3, -0.25) is 15.2 Å². The zero-order valence-corrected chi connectivity index (χ0v) is 17.3. The largest absolute Gasteiger partial charge is 0.493 e. The smallest absolute Gasteiger partial charge is 0.269 e. The minimum atomic E-state index is -0.713. The number of nitrogens with two attached hydrogens (primary N) is 1. The molecular weight excluding hydrogens is 414 g/mol. The number of nitrogens with one attached hydrogen (secondary N) is 1. The first-order valence-corrected chi connectivity index (χ1v) is 9.69. The molecule has 0 radical (unpaired) electrons. The van der Waals surface area contributed by atoms with Crippen LogP contribution in [0.1, 0.15) is 24.0 Å². The summed E-state index contributed by atoms with van der Waals surface area (Å²) in [6.07, 6.45) is 0. The number of aromatic amines is 1. The zero-order chi connectivity index (χ0) is 22.8. The first kappa shape index (κ1) is 20.7. The molecule has 0 amide bonds. The van der Waals surface area contributed by atoms with E-state index in [1.807, 2.05) is 13.0 Å². The van der Waals surface area contributed by atoms with Gasteiger partial charge in [-0.25, -0.2) is 0 Å². The van der Waals surface area contributed by atoms with E-state index in [2.05, 4.69) is 16.3 Å². The van der Waals surface area contributed by atoms with Crippen LogP contribution in [0.2, 0.25) is 0 Å². The average molecular weight is 433 g/mol. The highest BCUT2D eigenvalue weighted by Gasteiger charge is 2.36. The number of allylic oxidation sites excluding steroid dienone is 1. The lowest BCUT2D eigenvalue weighted by Crippen LogP contribution is -2.21. The van der Waals surface area contributed by atoms with Gasteiger partial charge in [-0.15, -0.1) is 5.10 Å². The first-order chi connectivity index (χ1) is 15.5. The van der Waals surface area contributed by atoms with E-state index in [1.54, 1.807) is 24.3 Å². The van der Waals surface area contributed by atoms with Gasteiger partial charge < -0.3 is 19.9 Å². The van der Waals surface area contributed by atoms with Crippen LogP contribution in [0.15, 0.2) is 53.9 Å². The number of ether oxygens (including phenoxy) is 3. The van der Waals surface area contributed by atoms with Gasteiger partial charge in [0.15, 0.2) is 11.5 Å². The van der Waals surface area contributed by atoms with Gasteiger partial charge in [-0.05, 0) is 30.7 Å². The Labute approximate surface area is 183 Å². The van der Waals surface area contributed by atoms with Gasteiger partial charge >= 0.3 is 0 Å². The molecule has 32 heavy (non-hydrogen) atoms. The summed E-state index contributed by atoms with van der Waals surface area (Å²) in [5.74, 6) is 0.488. The van der Waals surface area contributed by atoms with E-state index in [-0.39, 0.29) is 23.0 Å². The molecule has 162 valence electrons. The van der Waals surface area contributed by atoms with Crippen LogP contribution in [0.3, 0.4) is 0 Å². The van der Waals surface area contributed by atoms with Crippen molar-refractivity contribution in [3.05, 3.63) is 75.2 Å². The van der Waals surface area contributed by atoms with Crippen molar-refractivity contribution in [2.45, 2.75) is 12.8 Å². The van der Waals surface area contributed by atoms with Crippen LogP contribution in [-0.2, 0) is 0 Å². The number of nitrogens with zero attached hydrogens (tertiary/aromatic N) is 3. The predicted molar refractivity (Wildman–Crippen MR) is 114 cm³/mol. The molecule has 0 aliphatic carbocycles. The highest BCUT2D eigenvalue weighted by molar-refractivity contribution is 5.73. The molecule has 1 aliphatic heterocycles. The van der Waals surface area contributed by atoms with E-state index < -0.39 is 10.8 Å². The van der Waals surface area contributed by atoms with Crippen LogP contribution in [0.25, 0.3) is 11.3 Å². The Morgan fingerprint density at radius 2 is 2.12 bits per heavy atom. The zero-order valence-electron chi connectivity index (χ0n) is 17.3. The molecule has 2 aromatic carbocycles. The second-order valence-corrected chi connectivity index (χ2v) is 6.89. The summed E-state index contributed by atoms with van der Waals surface area (Å²) in [6.45, 7) is 2.35. The molecule has 1 aromatic heterocycles. The highest BCUT2D eigenvalue weighted by Crippen LogP contribution is 2.46. The Kier molecular flexibility index (Phi) is 5.39. The van der Waals surface area contributed by atoms with Gasteiger partial charge in [-0.1, -0.05) is 12.1 Å². The molecule has 2 heterocycles. The monoisotopic (exact) mass is 433 g/mol. The summed E-state index contributed by atoms with van der Waals surface area (Å²) < 4.78 is 16.6. The van der Waals surface area contributed by atoms with Crippen LogP contribution >= 0.6 is 0 Å².